The summed E-state index contributed by atoms with van der Waals surface area (Å²) < 4.78 is 0. The third-order valence-electron chi connectivity index (χ3n) is 0.519. The average molecular weight is 171 g/mol. The van der Waals surface area contributed by atoms with Crippen LogP contribution in [-0.4, -0.2) is 10.2 Å². The molecular weight excluding hydrogens is 167 g/mol. The van der Waals surface area contributed by atoms with Gasteiger partial charge in [0.1, 0.15) is 10.5 Å². The Morgan fingerprint density at radius 3 is 2.75 bits per heavy atom. The summed E-state index contributed by atoms with van der Waals surface area (Å²) in [6.45, 7) is 0. The lowest BCUT2D eigenvalue weighted by Gasteiger charge is -1.72. The molecule has 0 N–H and O–H groups in total. The monoisotopic (exact) mass is 170 g/mol. The van der Waals surface area contributed by atoms with E-state index in [1.54, 1.807) is 5.51 Å². The van der Waals surface area contributed by atoms with Crippen molar-refractivity contribution in [1.82, 2.24) is 10.2 Å². The summed E-state index contributed by atoms with van der Waals surface area (Å²) in [4.78, 5) is 0. The maximum atomic E-state index is 5.38. The van der Waals surface area contributed by atoms with Crippen LogP contribution in [0.15, 0.2) is 5.51 Å². The molecule has 0 aromatic carbocycles. The van der Waals surface area contributed by atoms with Crippen LogP contribution in [0.3, 0.4) is 0 Å². The van der Waals surface area contributed by atoms with Crippen LogP contribution >= 0.6 is 35.3 Å². The van der Waals surface area contributed by atoms with Crippen LogP contribution < -0.4 is 0 Å². The zero-order valence-electron chi connectivity index (χ0n) is 3.87. The number of hydrogen-bond acceptors (Lipinski definition) is 3. The molecule has 0 saturated carbocycles. The van der Waals surface area contributed by atoms with Crippen molar-refractivity contribution in [3.05, 3.63) is 10.5 Å². The van der Waals surface area contributed by atoms with E-state index >= 15 is 0 Å². The molecule has 0 unspecified atom stereocenters. The van der Waals surface area contributed by atoms with Crippen molar-refractivity contribution in [2.75, 3.05) is 0 Å². The third kappa shape index (κ3) is 1.94. The van der Waals surface area contributed by atoms with Gasteiger partial charge in [-0.05, 0) is 0 Å². The summed E-state index contributed by atoms with van der Waals surface area (Å²) in [6, 6.07) is 0. The van der Waals surface area contributed by atoms with E-state index in [9.17, 15) is 0 Å². The molecular formula is C3H4Cl2N2S. The Balaban J connectivity index is 0.000000490. The van der Waals surface area contributed by atoms with Crippen molar-refractivity contribution in [3.63, 3.8) is 0 Å². The van der Waals surface area contributed by atoms with Gasteiger partial charge in [0, 0.05) is 0 Å². The third-order valence-corrected chi connectivity index (χ3v) is 1.63. The molecule has 1 aromatic heterocycles. The topological polar surface area (TPSA) is 25.8 Å². The largest absolute Gasteiger partial charge is 0.147 e. The molecule has 0 amide bonds. The Morgan fingerprint density at radius 1 is 1.75 bits per heavy atom. The minimum Gasteiger partial charge on any atom is -0.147 e. The Kier molecular flexibility index (Phi) is 4.13. The molecule has 0 bridgehead atoms. The van der Waals surface area contributed by atoms with Gasteiger partial charge >= 0.3 is 0 Å². The molecule has 0 aliphatic carbocycles. The molecule has 0 saturated heterocycles. The highest BCUT2D eigenvalue weighted by molar-refractivity contribution is 7.09. The van der Waals surface area contributed by atoms with Crippen LogP contribution in [0.1, 0.15) is 5.01 Å². The zero-order valence-corrected chi connectivity index (χ0v) is 6.26. The summed E-state index contributed by atoms with van der Waals surface area (Å²) >= 11 is 6.84. The van der Waals surface area contributed by atoms with Gasteiger partial charge in [-0.2, -0.15) is 0 Å². The fourth-order valence-electron chi connectivity index (χ4n) is 0.254. The fourth-order valence-corrected chi connectivity index (χ4v) is 0.870. The smallest absolute Gasteiger partial charge is 0.132 e. The highest BCUT2D eigenvalue weighted by Crippen LogP contribution is 2.02. The average Bonchev–Trinajstić information content (AvgIpc) is 2.14. The Labute approximate surface area is 62.3 Å². The molecule has 1 aromatic rings. The molecule has 0 aliphatic rings. The van der Waals surface area contributed by atoms with E-state index in [0.717, 1.165) is 5.01 Å². The molecule has 8 heavy (non-hydrogen) atoms. The quantitative estimate of drug-likeness (QED) is 0.601. The maximum absolute atomic E-state index is 5.38. The van der Waals surface area contributed by atoms with E-state index in [2.05, 4.69) is 10.2 Å². The first kappa shape index (κ1) is 8.14. The lowest BCUT2D eigenvalue weighted by molar-refractivity contribution is 1.04. The molecule has 2 nitrogen and oxygen atoms in total. The lowest BCUT2D eigenvalue weighted by Crippen LogP contribution is -1.71. The summed E-state index contributed by atoms with van der Waals surface area (Å²) in [7, 11) is 0. The SMILES string of the molecule is Cl.ClCc1nncs1. The van der Waals surface area contributed by atoms with E-state index < -0.39 is 0 Å². The van der Waals surface area contributed by atoms with Crippen LogP contribution in [0.4, 0.5) is 0 Å². The standard InChI is InChI=1S/C3H3ClN2S.ClH/c4-1-3-6-5-2-7-3;/h2H,1H2;1H. The Bertz CT molecular complexity index is 130. The van der Waals surface area contributed by atoms with Gasteiger partial charge in [-0.25, -0.2) is 0 Å². The molecule has 0 spiro atoms. The van der Waals surface area contributed by atoms with E-state index in [1.165, 1.54) is 11.3 Å². The number of alkyl halides is 1. The normalized spacial score (nSPS) is 8.12. The zero-order chi connectivity index (χ0) is 5.11. The molecule has 0 atom stereocenters. The van der Waals surface area contributed by atoms with E-state index in [0.29, 0.717) is 5.88 Å². The van der Waals surface area contributed by atoms with Gasteiger partial charge in [-0.15, -0.1) is 45.5 Å². The van der Waals surface area contributed by atoms with Crippen molar-refractivity contribution in [1.29, 1.82) is 0 Å². The number of hydrogen-bond donors (Lipinski definition) is 0. The molecule has 1 rings (SSSR count). The first-order valence-electron chi connectivity index (χ1n) is 1.74. The summed E-state index contributed by atoms with van der Waals surface area (Å²) in [6.07, 6.45) is 0. The van der Waals surface area contributed by atoms with E-state index in [-0.39, 0.29) is 12.4 Å². The predicted molar refractivity (Wildman–Crippen MR) is 36.7 cm³/mol. The second-order valence-electron chi connectivity index (χ2n) is 0.966. The Hall–Kier alpha value is 0.140. The number of rotatable bonds is 1. The molecule has 5 heteroatoms. The summed E-state index contributed by atoms with van der Waals surface area (Å²) in [5.41, 5.74) is 1.66. The first-order chi connectivity index (χ1) is 3.43. The van der Waals surface area contributed by atoms with Crippen LogP contribution in [0.5, 0.6) is 0 Å². The molecule has 46 valence electrons. The van der Waals surface area contributed by atoms with E-state index in [1.807, 2.05) is 0 Å². The molecule has 0 radical (unpaired) electrons. The van der Waals surface area contributed by atoms with Gasteiger partial charge < -0.3 is 0 Å². The number of halogens is 2. The fraction of sp³-hybridized carbons (Fsp3) is 0.333. The Morgan fingerprint density at radius 2 is 2.50 bits per heavy atom. The van der Waals surface area contributed by atoms with Crippen molar-refractivity contribution >= 4 is 35.3 Å². The predicted octanol–water partition coefficient (Wildman–Crippen LogP) is 1.70. The van der Waals surface area contributed by atoms with E-state index in [4.69, 9.17) is 11.6 Å². The van der Waals surface area contributed by atoms with Gasteiger partial charge in [0.25, 0.3) is 0 Å². The molecule has 0 fully saturated rings. The van der Waals surface area contributed by atoms with Crippen molar-refractivity contribution in [3.8, 4) is 0 Å². The highest BCUT2D eigenvalue weighted by atomic mass is 35.5. The maximum Gasteiger partial charge on any atom is 0.132 e. The van der Waals surface area contributed by atoms with Crippen molar-refractivity contribution in [2.45, 2.75) is 5.88 Å². The molecule has 0 aliphatic heterocycles. The highest BCUT2D eigenvalue weighted by Gasteiger charge is 1.88. The first-order valence-corrected chi connectivity index (χ1v) is 3.16. The van der Waals surface area contributed by atoms with Crippen LogP contribution in [0.25, 0.3) is 0 Å². The van der Waals surface area contributed by atoms with Crippen molar-refractivity contribution in [2.24, 2.45) is 0 Å². The molecule has 1 heterocycles. The van der Waals surface area contributed by atoms with Crippen molar-refractivity contribution < 1.29 is 0 Å². The second kappa shape index (κ2) is 4.06. The minimum absolute atomic E-state index is 0. The minimum atomic E-state index is 0. The van der Waals surface area contributed by atoms with Crippen LogP contribution in [0, 0.1) is 0 Å². The van der Waals surface area contributed by atoms with Gasteiger partial charge in [-0.3, -0.25) is 0 Å². The summed E-state index contributed by atoms with van der Waals surface area (Å²) in [5, 5.41) is 8.12. The van der Waals surface area contributed by atoms with Crippen LogP contribution in [-0.2, 0) is 5.88 Å². The van der Waals surface area contributed by atoms with Gasteiger partial charge in [0.15, 0.2) is 0 Å². The van der Waals surface area contributed by atoms with Gasteiger partial charge in [0.2, 0.25) is 0 Å². The second-order valence-corrected chi connectivity index (χ2v) is 2.15. The van der Waals surface area contributed by atoms with Crippen LogP contribution in [0.2, 0.25) is 0 Å². The lowest BCUT2D eigenvalue weighted by atomic mass is 10.9. The van der Waals surface area contributed by atoms with Gasteiger partial charge in [-0.1, -0.05) is 0 Å². The number of nitrogens with zero attached hydrogens (tertiary/aromatic N) is 2. The van der Waals surface area contributed by atoms with Gasteiger partial charge in [0.05, 0.1) is 5.88 Å². The number of aromatic nitrogens is 2. The summed E-state index contributed by atoms with van der Waals surface area (Å²) in [5.74, 6) is 0.477.